The Balaban J connectivity index is 1.31. The molecule has 1 aliphatic heterocycles. The molecule has 9 heteroatoms. The molecule has 4 atom stereocenters. The molecule has 1 saturated heterocycles. The molecule has 0 aliphatic carbocycles. The zero-order chi connectivity index (χ0) is 32.5. The second kappa shape index (κ2) is 13.0. The molecule has 0 amide bonds. The topological polar surface area (TPSA) is 84.9 Å². The molecule has 0 spiro atoms. The van der Waals surface area contributed by atoms with E-state index < -0.39 is 30.1 Å². The van der Waals surface area contributed by atoms with Gasteiger partial charge in [0, 0.05) is 11.9 Å². The second-order valence-corrected chi connectivity index (χ2v) is 12.6. The van der Waals surface area contributed by atoms with E-state index in [-0.39, 0.29) is 18.8 Å². The van der Waals surface area contributed by atoms with Crippen LogP contribution in [0, 0.1) is 6.92 Å². The normalized spacial score (nSPS) is 20.2. The predicted molar refractivity (Wildman–Crippen MR) is 180 cm³/mol. The van der Waals surface area contributed by atoms with Crippen molar-refractivity contribution in [1.29, 1.82) is 0 Å². The van der Waals surface area contributed by atoms with Gasteiger partial charge in [0.2, 0.25) is 0 Å². The number of rotatable bonds is 11. The lowest BCUT2D eigenvalue weighted by Crippen LogP contribution is -2.43. The van der Waals surface area contributed by atoms with Crippen molar-refractivity contribution in [3.05, 3.63) is 132 Å². The van der Waals surface area contributed by atoms with Crippen molar-refractivity contribution >= 4 is 16.8 Å². The van der Waals surface area contributed by atoms with E-state index in [1.54, 1.807) is 12.7 Å². The predicted octanol–water partition coefficient (Wildman–Crippen LogP) is 6.88. The smallest absolute Gasteiger partial charge is 0.168 e. The van der Waals surface area contributed by atoms with Crippen molar-refractivity contribution < 1.29 is 18.9 Å². The summed E-state index contributed by atoms with van der Waals surface area (Å²) in [5.41, 5.74) is 5.26. The highest BCUT2D eigenvalue weighted by molar-refractivity contribution is 5.85. The first-order chi connectivity index (χ1) is 22.9. The van der Waals surface area contributed by atoms with Gasteiger partial charge in [-0.2, -0.15) is 0 Å². The van der Waals surface area contributed by atoms with Gasteiger partial charge in [-0.1, -0.05) is 91.0 Å². The molecule has 6 aromatic rings. The van der Waals surface area contributed by atoms with E-state index in [0.717, 1.165) is 28.0 Å². The number of ether oxygens (including phenoxy) is 4. The van der Waals surface area contributed by atoms with Gasteiger partial charge in [0.15, 0.2) is 23.0 Å². The highest BCUT2D eigenvalue weighted by Crippen LogP contribution is 2.43. The number of benzene rings is 3. The Morgan fingerprint density at radius 2 is 1.26 bits per heavy atom. The maximum atomic E-state index is 7.24. The van der Waals surface area contributed by atoms with Crippen LogP contribution in [0.1, 0.15) is 56.3 Å². The van der Waals surface area contributed by atoms with E-state index in [1.807, 2.05) is 104 Å². The zero-order valence-electron chi connectivity index (χ0n) is 27.4. The first-order valence-electron chi connectivity index (χ1n) is 16.3. The Kier molecular flexibility index (Phi) is 8.63. The van der Waals surface area contributed by atoms with Gasteiger partial charge < -0.3 is 18.9 Å². The van der Waals surface area contributed by atoms with Gasteiger partial charge in [-0.15, -0.1) is 0 Å². The van der Waals surface area contributed by atoms with Crippen LogP contribution >= 0.6 is 0 Å². The second-order valence-electron chi connectivity index (χ2n) is 12.6. The minimum Gasteiger partial charge on any atom is -0.370 e. The minimum absolute atomic E-state index is 0.0737. The lowest BCUT2D eigenvalue weighted by Gasteiger charge is -2.37. The van der Waals surface area contributed by atoms with Gasteiger partial charge in [0.05, 0.1) is 25.1 Å². The molecule has 0 saturated carbocycles. The molecule has 9 nitrogen and oxygen atoms in total. The molecule has 3 aromatic carbocycles. The first-order valence-corrected chi connectivity index (χ1v) is 16.3. The molecule has 1 aliphatic rings. The SMILES string of the molecule is Cc1cnc2c3ncn(C4O[C@@H](COC(c5ccccc5)(c5ccccc5)c5ccccc5)[C@H](OC(C)C)[C@@H]4OC(C)C)c3ncn12. The van der Waals surface area contributed by atoms with E-state index in [2.05, 4.69) is 41.4 Å². The van der Waals surface area contributed by atoms with Crippen LogP contribution in [0.2, 0.25) is 0 Å². The Labute approximate surface area is 275 Å². The molecule has 0 bridgehead atoms. The van der Waals surface area contributed by atoms with Crippen molar-refractivity contribution in [1.82, 2.24) is 23.9 Å². The molecule has 1 unspecified atom stereocenters. The van der Waals surface area contributed by atoms with Gasteiger partial charge in [-0.25, -0.2) is 15.0 Å². The molecule has 242 valence electrons. The van der Waals surface area contributed by atoms with Crippen LogP contribution in [-0.4, -0.2) is 61.0 Å². The molecule has 4 heterocycles. The number of hydrogen-bond donors (Lipinski definition) is 0. The van der Waals surface area contributed by atoms with Gasteiger partial charge in [-0.3, -0.25) is 8.97 Å². The number of fused-ring (bicyclic) bond motifs is 3. The number of aromatic nitrogens is 5. The Morgan fingerprint density at radius 1 is 0.702 bits per heavy atom. The standard InChI is InChI=1S/C38H41N5O4/c1-25(2)45-33-31(22-44-38(28-15-9-6-10-16-28,29-17-11-7-12-18-29)30-19-13-8-14-20-30)47-37(34(33)46-26(3)4)43-23-40-32-35-39-21-27(5)42(35)24-41-36(32)43/h6-21,23-26,31,33-34,37H,22H2,1-5H3/t31-,33-,34-,37?/m0/s1. The number of imidazole rings is 2. The average Bonchev–Trinajstić information content (AvgIpc) is 3.78. The van der Waals surface area contributed by atoms with Crippen molar-refractivity contribution in [3.8, 4) is 0 Å². The van der Waals surface area contributed by atoms with E-state index in [4.69, 9.17) is 28.9 Å². The summed E-state index contributed by atoms with van der Waals surface area (Å²) in [7, 11) is 0. The van der Waals surface area contributed by atoms with Crippen LogP contribution in [0.15, 0.2) is 110 Å². The van der Waals surface area contributed by atoms with Crippen molar-refractivity contribution in [2.75, 3.05) is 6.61 Å². The summed E-state index contributed by atoms with van der Waals surface area (Å²) in [4.78, 5) is 14.1. The van der Waals surface area contributed by atoms with Gasteiger partial charge >= 0.3 is 0 Å². The molecular formula is C38H41N5O4. The lowest BCUT2D eigenvalue weighted by atomic mass is 9.80. The van der Waals surface area contributed by atoms with E-state index in [0.29, 0.717) is 11.2 Å². The van der Waals surface area contributed by atoms with E-state index in [9.17, 15) is 0 Å². The monoisotopic (exact) mass is 631 g/mol. The molecule has 47 heavy (non-hydrogen) atoms. The first kappa shape index (κ1) is 31.2. The van der Waals surface area contributed by atoms with Crippen molar-refractivity contribution in [2.45, 2.75) is 77.0 Å². The van der Waals surface area contributed by atoms with Crippen molar-refractivity contribution in [2.24, 2.45) is 0 Å². The summed E-state index contributed by atoms with van der Waals surface area (Å²) >= 11 is 0. The summed E-state index contributed by atoms with van der Waals surface area (Å²) in [6.07, 6.45) is 3.29. The van der Waals surface area contributed by atoms with E-state index >= 15 is 0 Å². The van der Waals surface area contributed by atoms with Gasteiger partial charge in [-0.05, 0) is 51.3 Å². The summed E-state index contributed by atoms with van der Waals surface area (Å²) in [6, 6.07) is 31.1. The Morgan fingerprint density at radius 3 is 1.81 bits per heavy atom. The maximum Gasteiger partial charge on any atom is 0.168 e. The third-order valence-corrected chi connectivity index (χ3v) is 8.68. The van der Waals surface area contributed by atoms with Crippen LogP contribution < -0.4 is 0 Å². The van der Waals surface area contributed by atoms with Gasteiger partial charge in [0.1, 0.15) is 30.2 Å². The largest absolute Gasteiger partial charge is 0.370 e. The van der Waals surface area contributed by atoms with Crippen LogP contribution in [0.25, 0.3) is 16.8 Å². The van der Waals surface area contributed by atoms with Gasteiger partial charge in [0.25, 0.3) is 0 Å². The number of hydrogen-bond acceptors (Lipinski definition) is 7. The fourth-order valence-corrected chi connectivity index (χ4v) is 6.69. The molecule has 3 aromatic heterocycles. The number of aryl methyl sites for hydroxylation is 1. The summed E-state index contributed by atoms with van der Waals surface area (Å²) in [6.45, 7) is 10.3. The molecule has 0 radical (unpaired) electrons. The average molecular weight is 632 g/mol. The zero-order valence-corrected chi connectivity index (χ0v) is 27.4. The maximum absolute atomic E-state index is 7.24. The molecule has 1 fully saturated rings. The molecular weight excluding hydrogens is 590 g/mol. The van der Waals surface area contributed by atoms with Crippen LogP contribution in [0.5, 0.6) is 0 Å². The molecule has 7 rings (SSSR count). The van der Waals surface area contributed by atoms with Crippen LogP contribution in [0.4, 0.5) is 0 Å². The minimum atomic E-state index is -0.907. The third kappa shape index (κ3) is 5.74. The van der Waals surface area contributed by atoms with E-state index in [1.165, 1.54) is 0 Å². The fourth-order valence-electron chi connectivity index (χ4n) is 6.69. The van der Waals surface area contributed by atoms with Crippen molar-refractivity contribution in [3.63, 3.8) is 0 Å². The Bertz CT molecular complexity index is 1830. The lowest BCUT2D eigenvalue weighted by molar-refractivity contribution is -0.119. The fraction of sp³-hybridized carbons (Fsp3) is 0.342. The summed E-state index contributed by atoms with van der Waals surface area (Å²) in [5.74, 6) is 0. The van der Waals surface area contributed by atoms with Crippen LogP contribution in [-0.2, 0) is 24.5 Å². The summed E-state index contributed by atoms with van der Waals surface area (Å²) < 4.78 is 31.3. The van der Waals surface area contributed by atoms with Crippen LogP contribution in [0.3, 0.4) is 0 Å². The Hall–Kier alpha value is -4.41. The third-order valence-electron chi connectivity index (χ3n) is 8.68. The molecule has 0 N–H and O–H groups in total. The summed E-state index contributed by atoms with van der Waals surface area (Å²) in [5, 5.41) is 0. The quantitative estimate of drug-likeness (QED) is 0.144. The highest BCUT2D eigenvalue weighted by Gasteiger charge is 2.50. The number of nitrogens with zero attached hydrogens (tertiary/aromatic N) is 5. The highest BCUT2D eigenvalue weighted by atomic mass is 16.6.